The largest absolute Gasteiger partial charge is 0.301 e. The second-order valence-electron chi connectivity index (χ2n) is 4.86. The van der Waals surface area contributed by atoms with Crippen LogP contribution in [-0.4, -0.2) is 40.4 Å². The van der Waals surface area contributed by atoms with Crippen molar-refractivity contribution in [3.63, 3.8) is 0 Å². The molecule has 3 heterocycles. The van der Waals surface area contributed by atoms with Crippen molar-refractivity contribution in [3.8, 4) is 0 Å². The maximum atomic E-state index is 12.0. The van der Waals surface area contributed by atoms with E-state index in [0.717, 1.165) is 25.1 Å². The molecule has 1 aliphatic heterocycles. The number of rotatable bonds is 4. The number of pyridine rings is 1. The zero-order valence-corrected chi connectivity index (χ0v) is 12.3. The number of aromatic nitrogens is 2. The molecule has 0 saturated carbocycles. The highest BCUT2D eigenvalue weighted by Crippen LogP contribution is 2.19. The van der Waals surface area contributed by atoms with Crippen molar-refractivity contribution in [3.05, 3.63) is 47.7 Å². The first kappa shape index (κ1) is 13.9. The van der Waals surface area contributed by atoms with Gasteiger partial charge < -0.3 is 5.32 Å². The topological polar surface area (TPSA) is 58.1 Å². The lowest BCUT2D eigenvalue weighted by Gasteiger charge is -2.26. The van der Waals surface area contributed by atoms with E-state index >= 15 is 0 Å². The van der Waals surface area contributed by atoms with Crippen molar-refractivity contribution in [2.24, 2.45) is 0 Å². The average molecular weight is 300 g/mol. The predicted octanol–water partition coefficient (Wildman–Crippen LogP) is 2.27. The lowest BCUT2D eigenvalue weighted by Crippen LogP contribution is -2.36. The summed E-state index contributed by atoms with van der Waals surface area (Å²) in [5, 5.41) is 5.32. The summed E-state index contributed by atoms with van der Waals surface area (Å²) in [6, 6.07) is 3.99. The van der Waals surface area contributed by atoms with Crippen LogP contribution in [0.3, 0.4) is 0 Å². The Labute approximate surface area is 127 Å². The molecular formula is C15H16N4OS. The van der Waals surface area contributed by atoms with Gasteiger partial charge in [-0.15, -0.1) is 11.3 Å². The lowest BCUT2D eigenvalue weighted by molar-refractivity contribution is -0.117. The quantitative estimate of drug-likeness (QED) is 0.941. The third-order valence-electron chi connectivity index (χ3n) is 3.31. The first-order valence-corrected chi connectivity index (χ1v) is 7.70. The van der Waals surface area contributed by atoms with Gasteiger partial charge in [-0.25, -0.2) is 4.98 Å². The smallest absolute Gasteiger partial charge is 0.240 e. The Morgan fingerprint density at radius 1 is 1.43 bits per heavy atom. The Morgan fingerprint density at radius 2 is 2.38 bits per heavy atom. The standard InChI is InChI=1S/C15H16N4OS/c20-14(18-15-17-6-8-21-15)11-19-7-2-4-13(10-19)12-3-1-5-16-9-12/h1,3-6,8-9H,2,7,10-11H2,(H,17,18,20). The van der Waals surface area contributed by atoms with Gasteiger partial charge in [-0.3, -0.25) is 14.7 Å². The minimum absolute atomic E-state index is 0.0163. The van der Waals surface area contributed by atoms with Crippen LogP contribution in [0.25, 0.3) is 5.57 Å². The van der Waals surface area contributed by atoms with Gasteiger partial charge in [-0.05, 0) is 23.6 Å². The fourth-order valence-electron chi connectivity index (χ4n) is 2.35. The van der Waals surface area contributed by atoms with E-state index in [2.05, 4.69) is 32.3 Å². The summed E-state index contributed by atoms with van der Waals surface area (Å²) < 4.78 is 0. The third kappa shape index (κ3) is 3.74. The van der Waals surface area contributed by atoms with Gasteiger partial charge in [0.2, 0.25) is 5.91 Å². The molecule has 0 aliphatic carbocycles. The van der Waals surface area contributed by atoms with Crippen LogP contribution in [-0.2, 0) is 4.79 Å². The van der Waals surface area contributed by atoms with Crippen molar-refractivity contribution in [1.82, 2.24) is 14.9 Å². The van der Waals surface area contributed by atoms with Crippen LogP contribution in [0.15, 0.2) is 42.2 Å². The number of hydrogen-bond donors (Lipinski definition) is 1. The molecule has 2 aromatic heterocycles. The van der Waals surface area contributed by atoms with E-state index in [4.69, 9.17) is 0 Å². The SMILES string of the molecule is O=C(CN1CCC=C(c2cccnc2)C1)Nc1nccs1. The van der Waals surface area contributed by atoms with Crippen LogP contribution in [0.5, 0.6) is 0 Å². The van der Waals surface area contributed by atoms with Gasteiger partial charge in [0.1, 0.15) is 0 Å². The van der Waals surface area contributed by atoms with Crippen molar-refractivity contribution in [1.29, 1.82) is 0 Å². The summed E-state index contributed by atoms with van der Waals surface area (Å²) in [7, 11) is 0. The summed E-state index contributed by atoms with van der Waals surface area (Å²) in [4.78, 5) is 22.4. The molecule has 0 radical (unpaired) electrons. The van der Waals surface area contributed by atoms with Gasteiger partial charge in [0.15, 0.2) is 5.13 Å². The number of thiazole rings is 1. The molecule has 21 heavy (non-hydrogen) atoms. The highest BCUT2D eigenvalue weighted by molar-refractivity contribution is 7.13. The normalized spacial score (nSPS) is 15.5. The van der Waals surface area contributed by atoms with E-state index in [1.807, 2.05) is 17.6 Å². The number of carbonyl (C=O) groups excluding carboxylic acids is 1. The van der Waals surface area contributed by atoms with Gasteiger partial charge in [0.05, 0.1) is 6.54 Å². The summed E-state index contributed by atoms with van der Waals surface area (Å²) in [5.41, 5.74) is 2.36. The Bertz CT molecular complexity index is 624. The maximum Gasteiger partial charge on any atom is 0.240 e. The van der Waals surface area contributed by atoms with E-state index in [9.17, 15) is 4.79 Å². The highest BCUT2D eigenvalue weighted by Gasteiger charge is 2.17. The van der Waals surface area contributed by atoms with Crippen LogP contribution in [0.2, 0.25) is 0 Å². The Morgan fingerprint density at radius 3 is 3.14 bits per heavy atom. The number of hydrogen-bond acceptors (Lipinski definition) is 5. The second-order valence-corrected chi connectivity index (χ2v) is 5.75. The predicted molar refractivity (Wildman–Crippen MR) is 84.0 cm³/mol. The summed E-state index contributed by atoms with van der Waals surface area (Å²) >= 11 is 1.43. The van der Waals surface area contributed by atoms with Crippen molar-refractivity contribution in [2.45, 2.75) is 6.42 Å². The first-order chi connectivity index (χ1) is 10.3. The monoisotopic (exact) mass is 300 g/mol. The molecule has 0 unspecified atom stereocenters. The van der Waals surface area contributed by atoms with Crippen molar-refractivity contribution < 1.29 is 4.79 Å². The molecule has 5 nitrogen and oxygen atoms in total. The molecule has 0 atom stereocenters. The lowest BCUT2D eigenvalue weighted by atomic mass is 10.0. The van der Waals surface area contributed by atoms with Gasteiger partial charge in [-0.1, -0.05) is 12.1 Å². The molecule has 2 aromatic rings. The maximum absolute atomic E-state index is 12.0. The van der Waals surface area contributed by atoms with Gasteiger partial charge in [0, 0.05) is 37.1 Å². The first-order valence-electron chi connectivity index (χ1n) is 6.82. The molecule has 1 amide bonds. The number of nitrogens with zero attached hydrogens (tertiary/aromatic N) is 3. The van der Waals surface area contributed by atoms with Crippen LogP contribution in [0.1, 0.15) is 12.0 Å². The molecule has 0 bridgehead atoms. The van der Waals surface area contributed by atoms with Gasteiger partial charge in [0.25, 0.3) is 0 Å². The third-order valence-corrected chi connectivity index (χ3v) is 4.00. The molecule has 0 fully saturated rings. The Hall–Kier alpha value is -2.05. The molecule has 0 aromatic carbocycles. The zero-order chi connectivity index (χ0) is 14.5. The number of carbonyl (C=O) groups is 1. The Balaban J connectivity index is 1.58. The Kier molecular flexibility index (Phi) is 4.37. The van der Waals surface area contributed by atoms with Crippen molar-refractivity contribution >= 4 is 27.9 Å². The fraction of sp³-hybridized carbons (Fsp3) is 0.267. The molecule has 1 aliphatic rings. The molecule has 0 saturated heterocycles. The zero-order valence-electron chi connectivity index (χ0n) is 11.5. The van der Waals surface area contributed by atoms with E-state index in [-0.39, 0.29) is 5.91 Å². The molecule has 3 rings (SSSR count). The van der Waals surface area contributed by atoms with E-state index in [1.165, 1.54) is 16.9 Å². The number of anilines is 1. The molecule has 6 heteroatoms. The van der Waals surface area contributed by atoms with Crippen LogP contribution in [0, 0.1) is 0 Å². The second kappa shape index (κ2) is 6.60. The van der Waals surface area contributed by atoms with Crippen LogP contribution < -0.4 is 5.32 Å². The summed E-state index contributed by atoms with van der Waals surface area (Å²) in [6.45, 7) is 2.06. The van der Waals surface area contributed by atoms with E-state index < -0.39 is 0 Å². The minimum Gasteiger partial charge on any atom is -0.301 e. The van der Waals surface area contributed by atoms with Gasteiger partial charge in [-0.2, -0.15) is 0 Å². The molecular weight excluding hydrogens is 284 g/mol. The summed E-state index contributed by atoms with van der Waals surface area (Å²) in [6.07, 6.45) is 8.50. The molecule has 0 spiro atoms. The van der Waals surface area contributed by atoms with Crippen LogP contribution in [0.4, 0.5) is 5.13 Å². The minimum atomic E-state index is -0.0163. The highest BCUT2D eigenvalue weighted by atomic mass is 32.1. The van der Waals surface area contributed by atoms with Crippen LogP contribution >= 0.6 is 11.3 Å². The van der Waals surface area contributed by atoms with E-state index in [1.54, 1.807) is 12.4 Å². The average Bonchev–Trinajstić information content (AvgIpc) is 3.01. The van der Waals surface area contributed by atoms with Crippen molar-refractivity contribution in [2.75, 3.05) is 25.0 Å². The number of nitrogens with one attached hydrogen (secondary N) is 1. The van der Waals surface area contributed by atoms with E-state index in [0.29, 0.717) is 11.7 Å². The number of amides is 1. The summed E-state index contributed by atoms with van der Waals surface area (Å²) in [5.74, 6) is -0.0163. The fourth-order valence-corrected chi connectivity index (χ4v) is 2.89. The molecule has 108 valence electrons. The van der Waals surface area contributed by atoms with Gasteiger partial charge >= 0.3 is 0 Å². The molecule has 1 N–H and O–H groups in total.